The van der Waals surface area contributed by atoms with Gasteiger partial charge in [0.1, 0.15) is 16.6 Å². The van der Waals surface area contributed by atoms with E-state index in [0.717, 1.165) is 16.8 Å². The van der Waals surface area contributed by atoms with Crippen molar-refractivity contribution in [2.45, 2.75) is 6.92 Å². The van der Waals surface area contributed by atoms with Gasteiger partial charge >= 0.3 is 0 Å². The van der Waals surface area contributed by atoms with Crippen LogP contribution in [0.5, 0.6) is 0 Å². The first kappa shape index (κ1) is 11.3. The first-order valence-corrected chi connectivity index (χ1v) is 5.84. The number of aromatic nitrogens is 4. The molecule has 2 aromatic rings. The standard InChI is InChI=1S/C9H9BrClN5/c1-2-12-8-7(10)9(14-5-13-8)16-4-6(11)3-15-16/h3-5H,2H2,1H3,(H,12,13,14). The number of rotatable bonds is 3. The third-order valence-corrected chi connectivity index (χ3v) is 2.81. The maximum absolute atomic E-state index is 5.81. The molecule has 7 heteroatoms. The van der Waals surface area contributed by atoms with Crippen LogP contribution in [0.2, 0.25) is 5.02 Å². The molecule has 0 saturated heterocycles. The molecule has 0 unspecified atom stereocenters. The highest BCUT2D eigenvalue weighted by Gasteiger charge is 2.10. The van der Waals surface area contributed by atoms with Crippen LogP contribution >= 0.6 is 27.5 Å². The lowest BCUT2D eigenvalue weighted by Crippen LogP contribution is -2.05. The number of nitrogens with one attached hydrogen (secondary N) is 1. The normalized spacial score (nSPS) is 10.4. The Kier molecular flexibility index (Phi) is 3.40. The zero-order chi connectivity index (χ0) is 11.5. The van der Waals surface area contributed by atoms with Gasteiger partial charge in [-0.15, -0.1) is 0 Å². The summed E-state index contributed by atoms with van der Waals surface area (Å²) in [6.07, 6.45) is 4.72. The first-order chi connectivity index (χ1) is 7.72. The van der Waals surface area contributed by atoms with Crippen molar-refractivity contribution in [2.24, 2.45) is 0 Å². The van der Waals surface area contributed by atoms with Gasteiger partial charge in [0, 0.05) is 6.54 Å². The molecule has 0 fully saturated rings. The third-order valence-electron chi connectivity index (χ3n) is 1.88. The predicted molar refractivity (Wildman–Crippen MR) is 66.0 cm³/mol. The number of anilines is 1. The fourth-order valence-electron chi connectivity index (χ4n) is 1.23. The Hall–Kier alpha value is -1.14. The Labute approximate surface area is 106 Å². The Morgan fingerprint density at radius 3 is 2.94 bits per heavy atom. The molecule has 1 N–H and O–H groups in total. The van der Waals surface area contributed by atoms with E-state index in [-0.39, 0.29) is 0 Å². The van der Waals surface area contributed by atoms with Gasteiger partial charge in [-0.1, -0.05) is 11.6 Å². The van der Waals surface area contributed by atoms with E-state index in [1.807, 2.05) is 6.92 Å². The summed E-state index contributed by atoms with van der Waals surface area (Å²) in [4.78, 5) is 8.27. The molecule has 2 aromatic heterocycles. The lowest BCUT2D eigenvalue weighted by Gasteiger charge is -2.08. The molecule has 5 nitrogen and oxygen atoms in total. The zero-order valence-corrected chi connectivity index (χ0v) is 10.8. The fraction of sp³-hybridized carbons (Fsp3) is 0.222. The molecular formula is C9H9BrClN5. The molecule has 2 rings (SSSR count). The van der Waals surface area contributed by atoms with Gasteiger partial charge in [-0.3, -0.25) is 0 Å². The smallest absolute Gasteiger partial charge is 0.173 e. The SMILES string of the molecule is CCNc1ncnc(-n2cc(Cl)cn2)c1Br. The van der Waals surface area contributed by atoms with Crippen molar-refractivity contribution < 1.29 is 0 Å². The van der Waals surface area contributed by atoms with Crippen molar-refractivity contribution in [3.8, 4) is 5.82 Å². The lowest BCUT2D eigenvalue weighted by molar-refractivity contribution is 0.833. The van der Waals surface area contributed by atoms with Gasteiger partial charge in [0.05, 0.1) is 17.4 Å². The molecular weight excluding hydrogens is 293 g/mol. The lowest BCUT2D eigenvalue weighted by atomic mass is 10.5. The average molecular weight is 303 g/mol. The average Bonchev–Trinajstić information content (AvgIpc) is 2.68. The number of nitrogens with zero attached hydrogens (tertiary/aromatic N) is 4. The summed E-state index contributed by atoms with van der Waals surface area (Å²) in [6, 6.07) is 0. The van der Waals surface area contributed by atoms with Crippen molar-refractivity contribution in [3.63, 3.8) is 0 Å². The van der Waals surface area contributed by atoms with Crippen LogP contribution in [-0.4, -0.2) is 26.3 Å². The molecule has 0 radical (unpaired) electrons. The highest BCUT2D eigenvalue weighted by molar-refractivity contribution is 9.10. The summed E-state index contributed by atoms with van der Waals surface area (Å²) in [7, 11) is 0. The van der Waals surface area contributed by atoms with E-state index in [0.29, 0.717) is 10.8 Å². The summed E-state index contributed by atoms with van der Waals surface area (Å²) in [5.41, 5.74) is 0. The molecule has 2 heterocycles. The van der Waals surface area contributed by atoms with Crippen molar-refractivity contribution in [2.75, 3.05) is 11.9 Å². The van der Waals surface area contributed by atoms with Gasteiger partial charge in [0.2, 0.25) is 0 Å². The van der Waals surface area contributed by atoms with Crippen molar-refractivity contribution >= 4 is 33.3 Å². The highest BCUT2D eigenvalue weighted by Crippen LogP contribution is 2.25. The Morgan fingerprint density at radius 2 is 2.31 bits per heavy atom. The van der Waals surface area contributed by atoms with Gasteiger partial charge < -0.3 is 5.32 Å². The zero-order valence-electron chi connectivity index (χ0n) is 8.48. The first-order valence-electron chi connectivity index (χ1n) is 4.67. The Balaban J connectivity index is 2.45. The van der Waals surface area contributed by atoms with Crippen LogP contribution < -0.4 is 5.32 Å². The molecule has 0 aromatic carbocycles. The van der Waals surface area contributed by atoms with Gasteiger partial charge in [0.15, 0.2) is 5.82 Å². The molecule has 0 amide bonds. The molecule has 0 aliphatic rings. The van der Waals surface area contributed by atoms with Crippen LogP contribution in [0.3, 0.4) is 0 Å². The summed E-state index contributed by atoms with van der Waals surface area (Å²) in [5.74, 6) is 1.39. The van der Waals surface area contributed by atoms with Crippen LogP contribution in [0.25, 0.3) is 5.82 Å². The van der Waals surface area contributed by atoms with Crippen LogP contribution in [-0.2, 0) is 0 Å². The maximum Gasteiger partial charge on any atom is 0.173 e. The maximum atomic E-state index is 5.81. The number of halogens is 2. The van der Waals surface area contributed by atoms with Crippen molar-refractivity contribution in [1.29, 1.82) is 0 Å². The molecule has 84 valence electrons. The second-order valence-electron chi connectivity index (χ2n) is 2.99. The fourth-order valence-corrected chi connectivity index (χ4v) is 1.89. The molecule has 0 aliphatic carbocycles. The van der Waals surface area contributed by atoms with E-state index in [2.05, 4.69) is 36.3 Å². The molecule has 0 aliphatic heterocycles. The Bertz CT molecular complexity index is 498. The van der Waals surface area contributed by atoms with Gasteiger partial charge in [-0.25, -0.2) is 14.6 Å². The van der Waals surface area contributed by atoms with Crippen molar-refractivity contribution in [1.82, 2.24) is 19.7 Å². The van der Waals surface area contributed by atoms with Crippen LogP contribution in [0.1, 0.15) is 6.92 Å². The van der Waals surface area contributed by atoms with E-state index in [1.54, 1.807) is 17.1 Å². The second kappa shape index (κ2) is 4.80. The van der Waals surface area contributed by atoms with Gasteiger partial charge in [-0.05, 0) is 22.9 Å². The minimum atomic E-state index is 0.565. The van der Waals surface area contributed by atoms with Crippen LogP contribution in [0, 0.1) is 0 Å². The monoisotopic (exact) mass is 301 g/mol. The third kappa shape index (κ3) is 2.17. The van der Waals surface area contributed by atoms with E-state index in [4.69, 9.17) is 11.6 Å². The molecule has 16 heavy (non-hydrogen) atoms. The van der Waals surface area contributed by atoms with Crippen molar-refractivity contribution in [3.05, 3.63) is 28.2 Å². The Morgan fingerprint density at radius 1 is 1.50 bits per heavy atom. The number of hydrogen-bond acceptors (Lipinski definition) is 4. The minimum absolute atomic E-state index is 0.565. The van der Waals surface area contributed by atoms with Gasteiger partial charge in [0.25, 0.3) is 0 Å². The molecule has 0 spiro atoms. The summed E-state index contributed by atoms with van der Waals surface area (Å²) >= 11 is 9.24. The van der Waals surface area contributed by atoms with E-state index in [1.165, 1.54) is 6.33 Å². The second-order valence-corrected chi connectivity index (χ2v) is 4.22. The predicted octanol–water partition coefficient (Wildman–Crippen LogP) is 2.51. The summed E-state index contributed by atoms with van der Waals surface area (Å²) < 4.78 is 2.35. The topological polar surface area (TPSA) is 55.6 Å². The van der Waals surface area contributed by atoms with E-state index >= 15 is 0 Å². The quantitative estimate of drug-likeness (QED) is 0.946. The molecule has 0 bridgehead atoms. The largest absolute Gasteiger partial charge is 0.369 e. The number of hydrogen-bond donors (Lipinski definition) is 1. The summed E-state index contributed by atoms with van der Waals surface area (Å²) in [5, 5.41) is 7.77. The highest BCUT2D eigenvalue weighted by atomic mass is 79.9. The van der Waals surface area contributed by atoms with Gasteiger partial charge in [-0.2, -0.15) is 5.10 Å². The van der Waals surface area contributed by atoms with E-state index < -0.39 is 0 Å². The molecule has 0 saturated carbocycles. The van der Waals surface area contributed by atoms with Crippen LogP contribution in [0.15, 0.2) is 23.2 Å². The minimum Gasteiger partial charge on any atom is -0.369 e. The summed E-state index contributed by atoms with van der Waals surface area (Å²) in [6.45, 7) is 2.79. The van der Waals surface area contributed by atoms with Crippen LogP contribution in [0.4, 0.5) is 5.82 Å². The molecule has 0 atom stereocenters. The van der Waals surface area contributed by atoms with E-state index in [9.17, 15) is 0 Å².